The van der Waals surface area contributed by atoms with Crippen molar-refractivity contribution in [2.75, 3.05) is 12.4 Å². The van der Waals surface area contributed by atoms with Gasteiger partial charge < -0.3 is 4.74 Å². The van der Waals surface area contributed by atoms with Gasteiger partial charge in [-0.15, -0.1) is 0 Å². The quantitative estimate of drug-likeness (QED) is 0.379. The highest BCUT2D eigenvalue weighted by atomic mass is 32.2. The predicted molar refractivity (Wildman–Crippen MR) is 46.4 cm³/mol. The van der Waals surface area contributed by atoms with E-state index in [9.17, 15) is 17.7 Å². The fourth-order valence-electron chi connectivity index (χ4n) is 0.555. The van der Waals surface area contributed by atoms with Gasteiger partial charge in [0.15, 0.2) is 0 Å². The van der Waals surface area contributed by atoms with Gasteiger partial charge in [0.2, 0.25) is 0 Å². The van der Waals surface area contributed by atoms with Crippen LogP contribution in [-0.2, 0) is 24.0 Å². The maximum atomic E-state index is 11.3. The highest BCUT2D eigenvalue weighted by molar-refractivity contribution is 7.86. The van der Waals surface area contributed by atoms with Crippen molar-refractivity contribution in [2.24, 2.45) is 0 Å². The van der Waals surface area contributed by atoms with Crippen LogP contribution in [0.5, 0.6) is 0 Å². The van der Waals surface area contributed by atoms with Crippen LogP contribution in [0.4, 0.5) is 4.53 Å². The maximum Gasteiger partial charge on any atom is 0.333 e. The Kier molecular flexibility index (Phi) is 5.32. The summed E-state index contributed by atoms with van der Waals surface area (Å²) in [4.78, 5) is 10.8. The van der Waals surface area contributed by atoms with Gasteiger partial charge in [0, 0.05) is 5.57 Å². The average molecular weight is 226 g/mol. The Morgan fingerprint density at radius 3 is 2.50 bits per heavy atom. The van der Waals surface area contributed by atoms with E-state index >= 15 is 0 Å². The fraction of sp³-hybridized carbons (Fsp3) is 0.571. The Balaban J connectivity index is 3.68. The van der Waals surface area contributed by atoms with E-state index in [4.69, 9.17) is 0 Å². The zero-order valence-corrected chi connectivity index (χ0v) is 8.47. The first-order valence-electron chi connectivity index (χ1n) is 3.74. The molecule has 0 aromatic carbocycles. The largest absolute Gasteiger partial charge is 0.462 e. The molecule has 0 aliphatic carbocycles. The first-order chi connectivity index (χ1) is 6.39. The van der Waals surface area contributed by atoms with Crippen LogP contribution in [0.15, 0.2) is 12.2 Å². The summed E-state index contributed by atoms with van der Waals surface area (Å²) in [5.41, 5.74) is 0.217. The molecule has 0 rings (SSSR count). The Bertz CT molecular complexity index is 308. The molecule has 0 aromatic heterocycles. The lowest BCUT2D eigenvalue weighted by Gasteiger charge is -2.02. The van der Waals surface area contributed by atoms with Crippen molar-refractivity contribution in [2.45, 2.75) is 13.3 Å². The van der Waals surface area contributed by atoms with E-state index in [1.165, 1.54) is 6.92 Å². The molecule has 0 spiro atoms. The van der Waals surface area contributed by atoms with Gasteiger partial charge >= 0.3 is 5.97 Å². The third kappa shape index (κ3) is 5.65. The Hall–Kier alpha value is -0.950. The predicted octanol–water partition coefficient (Wildman–Crippen LogP) is 0.727. The van der Waals surface area contributed by atoms with Crippen molar-refractivity contribution in [3.63, 3.8) is 0 Å². The number of halogens is 1. The normalized spacial score (nSPS) is 11.0. The average Bonchev–Trinajstić information content (AvgIpc) is 2.12. The lowest BCUT2D eigenvalue weighted by atomic mass is 10.4. The maximum absolute atomic E-state index is 11.3. The summed E-state index contributed by atoms with van der Waals surface area (Å²) in [5, 5.41) is 0. The van der Waals surface area contributed by atoms with E-state index in [1.54, 1.807) is 0 Å². The minimum atomic E-state index is -4.12. The number of carbonyl (C=O) groups excluding carboxylic acids is 1. The summed E-state index contributed by atoms with van der Waals surface area (Å²) < 4.78 is 39.4. The first kappa shape index (κ1) is 13.1. The molecule has 0 radical (unpaired) electrons. The van der Waals surface area contributed by atoms with Gasteiger partial charge in [-0.3, -0.25) is 0 Å². The lowest BCUT2D eigenvalue weighted by molar-refractivity contribution is -0.138. The monoisotopic (exact) mass is 226 g/mol. The molecule has 0 saturated heterocycles. The third-order valence-electron chi connectivity index (χ3n) is 1.22. The van der Waals surface area contributed by atoms with Gasteiger partial charge in [-0.25, -0.2) is 4.79 Å². The van der Waals surface area contributed by atoms with Gasteiger partial charge in [0.25, 0.3) is 10.1 Å². The summed E-state index contributed by atoms with van der Waals surface area (Å²) in [5.74, 6) is -1.14. The first-order valence-corrected chi connectivity index (χ1v) is 5.32. The minimum Gasteiger partial charge on any atom is -0.462 e. The number of carbonyl (C=O) groups is 1. The summed E-state index contributed by atoms with van der Waals surface area (Å²) >= 11 is 0. The zero-order valence-electron chi connectivity index (χ0n) is 7.66. The summed E-state index contributed by atoms with van der Waals surface area (Å²) in [6.45, 7) is 4.67. The number of hydrogen-bond acceptors (Lipinski definition) is 5. The zero-order chi connectivity index (χ0) is 11.2. The third-order valence-corrected chi connectivity index (χ3v) is 2.20. The van der Waals surface area contributed by atoms with Crippen LogP contribution in [0, 0.1) is 0 Å². The molecule has 82 valence electrons. The Morgan fingerprint density at radius 2 is 2.07 bits per heavy atom. The van der Waals surface area contributed by atoms with Crippen molar-refractivity contribution in [1.29, 1.82) is 0 Å². The van der Waals surface area contributed by atoms with Crippen LogP contribution in [0.25, 0.3) is 0 Å². The molecule has 0 N–H and O–H groups in total. The highest BCUT2D eigenvalue weighted by Gasteiger charge is 2.11. The van der Waals surface area contributed by atoms with E-state index in [0.717, 1.165) is 0 Å². The van der Waals surface area contributed by atoms with E-state index in [-0.39, 0.29) is 18.6 Å². The van der Waals surface area contributed by atoms with Crippen molar-refractivity contribution in [3.8, 4) is 0 Å². The van der Waals surface area contributed by atoms with E-state index < -0.39 is 21.8 Å². The molecular weight excluding hydrogens is 215 g/mol. The topological polar surface area (TPSA) is 69.7 Å². The molecule has 0 unspecified atom stereocenters. The molecule has 0 saturated carbocycles. The van der Waals surface area contributed by atoms with Crippen LogP contribution < -0.4 is 0 Å². The molecule has 0 aliphatic heterocycles. The SMILES string of the molecule is C=C(C)C(=O)OCCCS(=O)(=O)OF. The van der Waals surface area contributed by atoms with Crippen LogP contribution in [0.3, 0.4) is 0 Å². The second-order valence-corrected chi connectivity index (χ2v) is 4.24. The second kappa shape index (κ2) is 5.71. The highest BCUT2D eigenvalue weighted by Crippen LogP contribution is 1.98. The van der Waals surface area contributed by atoms with Crippen molar-refractivity contribution in [1.82, 2.24) is 0 Å². The van der Waals surface area contributed by atoms with E-state index in [1.807, 2.05) is 0 Å². The minimum absolute atomic E-state index is 0.0225. The molecule has 7 heteroatoms. The molecule has 0 heterocycles. The molecule has 0 bridgehead atoms. The van der Waals surface area contributed by atoms with Gasteiger partial charge in [-0.05, 0) is 17.9 Å². The standard InChI is InChI=1S/C7H11FO5S/c1-6(2)7(9)12-4-3-5-14(10,11)13-8/h1,3-5H2,2H3. The van der Waals surface area contributed by atoms with Crippen LogP contribution in [0.2, 0.25) is 0 Å². The van der Waals surface area contributed by atoms with Gasteiger partial charge in [0.05, 0.1) is 12.4 Å². The number of esters is 1. The molecule has 0 aliphatic rings. The van der Waals surface area contributed by atoms with Crippen LogP contribution >= 0.6 is 0 Å². The molecule has 14 heavy (non-hydrogen) atoms. The summed E-state index contributed by atoms with van der Waals surface area (Å²) in [6, 6.07) is 0. The Morgan fingerprint density at radius 1 is 1.50 bits per heavy atom. The van der Waals surface area contributed by atoms with Crippen molar-refractivity contribution in [3.05, 3.63) is 12.2 Å². The lowest BCUT2D eigenvalue weighted by Crippen LogP contribution is -2.11. The Labute approximate surface area is 81.5 Å². The molecule has 0 fully saturated rings. The summed E-state index contributed by atoms with van der Waals surface area (Å²) in [7, 11) is -4.12. The van der Waals surface area contributed by atoms with E-state index in [2.05, 4.69) is 15.7 Å². The van der Waals surface area contributed by atoms with Crippen LogP contribution in [-0.4, -0.2) is 26.7 Å². The second-order valence-electron chi connectivity index (χ2n) is 2.59. The van der Waals surface area contributed by atoms with Gasteiger partial charge in [0.1, 0.15) is 0 Å². The smallest absolute Gasteiger partial charge is 0.333 e. The molecule has 0 aromatic rings. The number of hydrogen-bond donors (Lipinski definition) is 0. The van der Waals surface area contributed by atoms with E-state index in [0.29, 0.717) is 0 Å². The number of rotatable bonds is 6. The van der Waals surface area contributed by atoms with Crippen LogP contribution in [0.1, 0.15) is 13.3 Å². The van der Waals surface area contributed by atoms with Gasteiger partial charge in [-0.1, -0.05) is 11.0 Å². The summed E-state index contributed by atoms with van der Waals surface area (Å²) in [6.07, 6.45) is -0.0225. The molecule has 0 amide bonds. The van der Waals surface area contributed by atoms with Crippen molar-refractivity contribution >= 4 is 16.1 Å². The molecule has 5 nitrogen and oxygen atoms in total. The van der Waals surface area contributed by atoms with Crippen molar-refractivity contribution < 1.29 is 26.9 Å². The molecule has 0 atom stereocenters. The number of ether oxygens (including phenoxy) is 1. The molecular formula is C7H11FO5S. The van der Waals surface area contributed by atoms with Gasteiger partial charge in [-0.2, -0.15) is 8.42 Å². The fourth-order valence-corrected chi connectivity index (χ4v) is 1.09.